The van der Waals surface area contributed by atoms with Gasteiger partial charge in [-0.3, -0.25) is 0 Å². The average Bonchev–Trinajstić information content (AvgIpc) is 2.01. The second-order valence-corrected chi connectivity index (χ2v) is 1.68. The molecule has 0 spiro atoms. The molecule has 5 heteroatoms. The number of hydrogen-bond donors (Lipinski definition) is 0. The average molecular weight is 157 g/mol. The van der Waals surface area contributed by atoms with E-state index in [0.29, 0.717) is 0 Å². The van der Waals surface area contributed by atoms with Crippen molar-refractivity contribution < 1.29 is 13.8 Å². The first kappa shape index (κ1) is 4.27. The van der Waals surface area contributed by atoms with E-state index in [1.807, 2.05) is 0 Å². The van der Waals surface area contributed by atoms with Crippen LogP contribution < -0.4 is 4.74 Å². The van der Waals surface area contributed by atoms with Crippen molar-refractivity contribution in [1.29, 1.82) is 0 Å². The predicted octanol–water partition coefficient (Wildman–Crippen LogP) is 0.998. The SMILES string of the molecule is [2H]C([2H])([2H])Oc1cccnc1[N+](=O)[O-]. The summed E-state index contributed by atoms with van der Waals surface area (Å²) in [5.41, 5.74) is 0. The van der Waals surface area contributed by atoms with Crippen molar-refractivity contribution in [2.24, 2.45) is 0 Å². The molecule has 58 valence electrons. The minimum atomic E-state index is -2.71. The lowest BCUT2D eigenvalue weighted by Gasteiger charge is -1.97. The lowest BCUT2D eigenvalue weighted by Crippen LogP contribution is -1.95. The van der Waals surface area contributed by atoms with Gasteiger partial charge in [0.1, 0.15) is 6.20 Å². The van der Waals surface area contributed by atoms with Gasteiger partial charge in [0.05, 0.1) is 11.2 Å². The Morgan fingerprint density at radius 2 is 2.73 bits per heavy atom. The van der Waals surface area contributed by atoms with Crippen molar-refractivity contribution in [2.75, 3.05) is 7.04 Å². The molecule has 0 aromatic carbocycles. The Balaban J connectivity index is 3.02. The normalized spacial score (nSPS) is 14.4. The third kappa shape index (κ3) is 1.43. The zero-order chi connectivity index (χ0) is 10.8. The zero-order valence-corrected chi connectivity index (χ0v) is 5.35. The number of nitro groups is 1. The van der Waals surface area contributed by atoms with Crippen LogP contribution in [-0.2, 0) is 0 Å². The van der Waals surface area contributed by atoms with Gasteiger partial charge in [-0.2, -0.15) is 0 Å². The summed E-state index contributed by atoms with van der Waals surface area (Å²) in [6, 6.07) is 2.53. The highest BCUT2D eigenvalue weighted by molar-refractivity contribution is 5.38. The summed E-state index contributed by atoms with van der Waals surface area (Å²) >= 11 is 0. The van der Waals surface area contributed by atoms with Gasteiger partial charge in [-0.1, -0.05) is 0 Å². The van der Waals surface area contributed by atoms with Crippen molar-refractivity contribution >= 4 is 5.82 Å². The molecule has 0 amide bonds. The Kier molecular flexibility index (Phi) is 1.15. The molecule has 0 saturated carbocycles. The van der Waals surface area contributed by atoms with Crippen LogP contribution in [0.3, 0.4) is 0 Å². The predicted molar refractivity (Wildman–Crippen MR) is 37.4 cm³/mol. The zero-order valence-electron chi connectivity index (χ0n) is 8.35. The van der Waals surface area contributed by atoms with Gasteiger partial charge in [0.25, 0.3) is 0 Å². The van der Waals surface area contributed by atoms with Gasteiger partial charge < -0.3 is 14.9 Å². The lowest BCUT2D eigenvalue weighted by molar-refractivity contribution is -0.390. The molecule has 1 aromatic rings. The van der Waals surface area contributed by atoms with Crippen LogP contribution in [0.2, 0.25) is 0 Å². The molecule has 0 bridgehead atoms. The van der Waals surface area contributed by atoms with Gasteiger partial charge >= 0.3 is 5.82 Å². The molecule has 0 saturated heterocycles. The molecule has 1 rings (SSSR count). The van der Waals surface area contributed by atoms with Crippen LogP contribution in [0.4, 0.5) is 5.82 Å². The van der Waals surface area contributed by atoms with Crippen molar-refractivity contribution in [2.45, 2.75) is 0 Å². The Morgan fingerprint density at radius 3 is 3.36 bits per heavy atom. The van der Waals surface area contributed by atoms with Gasteiger partial charge in [0.2, 0.25) is 5.75 Å². The molecule has 0 unspecified atom stereocenters. The molecular formula is C6H6N2O3. The summed E-state index contributed by atoms with van der Waals surface area (Å²) in [4.78, 5) is 13.0. The first-order chi connectivity index (χ1) is 6.40. The number of methoxy groups -OCH3 is 1. The minimum absolute atomic E-state index is 0.363. The van der Waals surface area contributed by atoms with E-state index < -0.39 is 17.8 Å². The van der Waals surface area contributed by atoms with E-state index >= 15 is 0 Å². The van der Waals surface area contributed by atoms with E-state index in [4.69, 9.17) is 4.11 Å². The number of aromatic nitrogens is 1. The fourth-order valence-electron chi connectivity index (χ4n) is 0.599. The van der Waals surface area contributed by atoms with E-state index in [2.05, 4.69) is 9.72 Å². The molecule has 0 aliphatic heterocycles. The van der Waals surface area contributed by atoms with E-state index in [1.165, 1.54) is 18.3 Å². The Morgan fingerprint density at radius 1 is 1.91 bits per heavy atom. The smallest absolute Gasteiger partial charge is 0.406 e. The fraction of sp³-hybridized carbons (Fsp3) is 0.167. The van der Waals surface area contributed by atoms with E-state index in [9.17, 15) is 10.1 Å². The van der Waals surface area contributed by atoms with Crippen LogP contribution >= 0.6 is 0 Å². The van der Waals surface area contributed by atoms with E-state index in [0.717, 1.165) is 0 Å². The molecule has 0 N–H and O–H groups in total. The number of ether oxygens (including phenoxy) is 1. The monoisotopic (exact) mass is 157 g/mol. The maximum absolute atomic E-state index is 10.4. The first-order valence-electron chi connectivity index (χ1n) is 4.18. The molecule has 0 aliphatic carbocycles. The van der Waals surface area contributed by atoms with Gasteiger partial charge in [-0.05, 0) is 22.0 Å². The second kappa shape index (κ2) is 2.96. The molecule has 0 atom stereocenters. The summed E-state index contributed by atoms with van der Waals surface area (Å²) in [6.45, 7) is 0. The summed E-state index contributed by atoms with van der Waals surface area (Å²) in [5, 5.41) is 10.4. The van der Waals surface area contributed by atoms with E-state index in [-0.39, 0.29) is 5.75 Å². The highest BCUT2D eigenvalue weighted by atomic mass is 16.6. The van der Waals surface area contributed by atoms with Crippen LogP contribution in [0.1, 0.15) is 4.11 Å². The quantitative estimate of drug-likeness (QED) is 0.474. The van der Waals surface area contributed by atoms with Gasteiger partial charge in [0.15, 0.2) is 0 Å². The highest BCUT2D eigenvalue weighted by Crippen LogP contribution is 2.21. The minimum Gasteiger partial charge on any atom is -0.489 e. The van der Waals surface area contributed by atoms with Crippen LogP contribution in [0.15, 0.2) is 18.3 Å². The number of rotatable bonds is 2. The molecule has 1 aromatic heterocycles. The van der Waals surface area contributed by atoms with Crippen LogP contribution in [0.5, 0.6) is 5.75 Å². The molecule has 0 aliphatic rings. The topological polar surface area (TPSA) is 65.3 Å². The lowest BCUT2D eigenvalue weighted by atomic mass is 10.4. The standard InChI is InChI=1S/C6H6N2O3/c1-11-5-3-2-4-7-6(5)8(9)10/h2-4H,1H3/i1D3. The maximum atomic E-state index is 10.4. The summed E-state index contributed by atoms with van der Waals surface area (Å²) in [7, 11) is -2.71. The van der Waals surface area contributed by atoms with Crippen molar-refractivity contribution in [3.05, 3.63) is 28.4 Å². The van der Waals surface area contributed by atoms with Gasteiger partial charge in [0, 0.05) is 0 Å². The maximum Gasteiger partial charge on any atom is 0.406 e. The largest absolute Gasteiger partial charge is 0.489 e. The summed E-state index contributed by atoms with van der Waals surface area (Å²) < 4.78 is 24.7. The molecule has 1 heterocycles. The third-order valence-electron chi connectivity index (χ3n) is 1.03. The molecule has 0 fully saturated rings. The van der Waals surface area contributed by atoms with Crippen molar-refractivity contribution in [1.82, 2.24) is 4.98 Å². The number of pyridine rings is 1. The molecule has 0 radical (unpaired) electrons. The number of nitrogens with zero attached hydrogens (tertiary/aromatic N) is 2. The third-order valence-corrected chi connectivity index (χ3v) is 1.03. The van der Waals surface area contributed by atoms with Gasteiger partial charge in [-0.15, -0.1) is 0 Å². The molecular weight excluding hydrogens is 148 g/mol. The first-order valence-corrected chi connectivity index (χ1v) is 2.68. The molecule has 11 heavy (non-hydrogen) atoms. The summed E-state index contributed by atoms with van der Waals surface area (Å²) in [5.74, 6) is -0.971. The highest BCUT2D eigenvalue weighted by Gasteiger charge is 2.13. The van der Waals surface area contributed by atoms with Gasteiger partial charge in [-0.25, -0.2) is 0 Å². The van der Waals surface area contributed by atoms with Crippen LogP contribution in [-0.4, -0.2) is 16.9 Å². The number of hydrogen-bond acceptors (Lipinski definition) is 4. The summed E-state index contributed by atoms with van der Waals surface area (Å²) in [6.07, 6.45) is 1.19. The Labute approximate surface area is 67.0 Å². The van der Waals surface area contributed by atoms with Crippen molar-refractivity contribution in [3.63, 3.8) is 0 Å². The van der Waals surface area contributed by atoms with Crippen molar-refractivity contribution in [3.8, 4) is 5.75 Å². The van der Waals surface area contributed by atoms with Crippen LogP contribution in [0, 0.1) is 10.1 Å². The molecule has 5 nitrogen and oxygen atoms in total. The van der Waals surface area contributed by atoms with Crippen LogP contribution in [0.25, 0.3) is 0 Å². The Bertz CT molecular complexity index is 352. The fourth-order valence-corrected chi connectivity index (χ4v) is 0.599. The van der Waals surface area contributed by atoms with E-state index in [1.54, 1.807) is 0 Å². The second-order valence-electron chi connectivity index (χ2n) is 1.68. The Hall–Kier alpha value is -1.65.